The molecular weight excluding hydrogens is 322 g/mol. The van der Waals surface area contributed by atoms with E-state index in [1.54, 1.807) is 12.4 Å². The van der Waals surface area contributed by atoms with Crippen LogP contribution in [0.5, 0.6) is 5.75 Å². The normalized spacial score (nSPS) is 10.4. The third kappa shape index (κ3) is 3.78. The van der Waals surface area contributed by atoms with Crippen molar-refractivity contribution in [3.8, 4) is 17.0 Å². The Labute approximate surface area is 144 Å². The zero-order chi connectivity index (χ0) is 16.9. The number of hydrogen-bond acceptors (Lipinski definition) is 5. The summed E-state index contributed by atoms with van der Waals surface area (Å²) in [7, 11) is 0. The number of amides is 1. The SMILES string of the molecule is Cc1cccc(C)c1OCC(=O)Nc1nc(-c2ccncc2)cs1. The monoisotopic (exact) mass is 339 g/mol. The molecule has 6 heteroatoms. The molecule has 1 aromatic carbocycles. The predicted octanol–water partition coefficient (Wildman–Crippen LogP) is 3.84. The van der Waals surface area contributed by atoms with Crippen molar-refractivity contribution >= 4 is 22.4 Å². The Bertz CT molecular complexity index is 826. The lowest BCUT2D eigenvalue weighted by molar-refractivity contribution is -0.118. The van der Waals surface area contributed by atoms with Crippen molar-refractivity contribution in [2.45, 2.75) is 13.8 Å². The standard InChI is InChI=1S/C18H17N3O2S/c1-12-4-3-5-13(2)17(12)23-10-16(22)21-18-20-15(11-24-18)14-6-8-19-9-7-14/h3-9,11H,10H2,1-2H3,(H,20,21,22). The van der Waals surface area contributed by atoms with Crippen LogP contribution in [0.15, 0.2) is 48.1 Å². The highest BCUT2D eigenvalue weighted by Crippen LogP contribution is 2.25. The van der Waals surface area contributed by atoms with Crippen LogP contribution in [0.25, 0.3) is 11.3 Å². The van der Waals surface area contributed by atoms with Crippen LogP contribution in [0.1, 0.15) is 11.1 Å². The number of pyridine rings is 1. The number of rotatable bonds is 5. The van der Waals surface area contributed by atoms with Gasteiger partial charge in [0.25, 0.3) is 5.91 Å². The van der Waals surface area contributed by atoms with E-state index in [-0.39, 0.29) is 12.5 Å². The van der Waals surface area contributed by atoms with Gasteiger partial charge in [0, 0.05) is 23.3 Å². The molecule has 1 N–H and O–H groups in total. The van der Waals surface area contributed by atoms with E-state index in [1.165, 1.54) is 11.3 Å². The van der Waals surface area contributed by atoms with Gasteiger partial charge in [0.2, 0.25) is 0 Å². The molecule has 0 fully saturated rings. The minimum Gasteiger partial charge on any atom is -0.483 e. The molecule has 5 nitrogen and oxygen atoms in total. The van der Waals surface area contributed by atoms with E-state index in [2.05, 4.69) is 15.3 Å². The second kappa shape index (κ2) is 7.23. The number of nitrogens with one attached hydrogen (secondary N) is 1. The number of aromatic nitrogens is 2. The maximum absolute atomic E-state index is 12.1. The van der Waals surface area contributed by atoms with E-state index in [4.69, 9.17) is 4.74 Å². The lowest BCUT2D eigenvalue weighted by Gasteiger charge is -2.11. The van der Waals surface area contributed by atoms with E-state index in [9.17, 15) is 4.79 Å². The quantitative estimate of drug-likeness (QED) is 0.767. The third-order valence-electron chi connectivity index (χ3n) is 3.48. The summed E-state index contributed by atoms with van der Waals surface area (Å²) >= 11 is 1.38. The molecule has 0 bridgehead atoms. The average Bonchev–Trinajstić information content (AvgIpc) is 3.03. The molecule has 0 atom stereocenters. The van der Waals surface area contributed by atoms with Gasteiger partial charge in [-0.1, -0.05) is 18.2 Å². The number of carbonyl (C=O) groups excluding carboxylic acids is 1. The van der Waals surface area contributed by atoms with Crippen LogP contribution >= 0.6 is 11.3 Å². The molecule has 3 rings (SSSR count). The first kappa shape index (κ1) is 16.1. The van der Waals surface area contributed by atoms with Crippen LogP contribution in [0.3, 0.4) is 0 Å². The van der Waals surface area contributed by atoms with E-state index in [1.807, 2.05) is 49.6 Å². The largest absolute Gasteiger partial charge is 0.483 e. The fraction of sp³-hybridized carbons (Fsp3) is 0.167. The van der Waals surface area contributed by atoms with Gasteiger partial charge in [0.15, 0.2) is 11.7 Å². The van der Waals surface area contributed by atoms with Crippen molar-refractivity contribution in [2.75, 3.05) is 11.9 Å². The highest BCUT2D eigenvalue weighted by atomic mass is 32.1. The van der Waals surface area contributed by atoms with E-state index < -0.39 is 0 Å². The molecule has 0 unspecified atom stereocenters. The topological polar surface area (TPSA) is 64.1 Å². The van der Waals surface area contributed by atoms with Gasteiger partial charge >= 0.3 is 0 Å². The zero-order valence-electron chi connectivity index (χ0n) is 13.4. The lowest BCUT2D eigenvalue weighted by Crippen LogP contribution is -2.20. The number of nitrogens with zero attached hydrogens (tertiary/aromatic N) is 2. The summed E-state index contributed by atoms with van der Waals surface area (Å²) in [5.74, 6) is 0.526. The molecule has 1 amide bonds. The summed E-state index contributed by atoms with van der Waals surface area (Å²) in [6, 6.07) is 9.65. The summed E-state index contributed by atoms with van der Waals surface area (Å²) in [4.78, 5) is 20.5. The third-order valence-corrected chi connectivity index (χ3v) is 4.24. The molecule has 3 aromatic rings. The summed E-state index contributed by atoms with van der Waals surface area (Å²) < 4.78 is 5.65. The molecule has 0 aliphatic rings. The lowest BCUT2D eigenvalue weighted by atomic mass is 10.1. The van der Waals surface area contributed by atoms with Crippen LogP contribution in [0.2, 0.25) is 0 Å². The molecule has 0 saturated carbocycles. The van der Waals surface area contributed by atoms with Crippen LogP contribution in [0, 0.1) is 13.8 Å². The zero-order valence-corrected chi connectivity index (χ0v) is 14.3. The molecule has 0 aliphatic carbocycles. The first-order valence-electron chi connectivity index (χ1n) is 7.48. The fourth-order valence-electron chi connectivity index (χ4n) is 2.31. The number of benzene rings is 1. The van der Waals surface area contributed by atoms with Crippen molar-refractivity contribution in [1.82, 2.24) is 9.97 Å². The molecule has 0 spiro atoms. The van der Waals surface area contributed by atoms with Crippen molar-refractivity contribution in [2.24, 2.45) is 0 Å². The van der Waals surface area contributed by atoms with Gasteiger partial charge in [-0.25, -0.2) is 4.98 Å². The summed E-state index contributed by atoms with van der Waals surface area (Å²) in [6.07, 6.45) is 3.43. The Morgan fingerprint density at radius 1 is 1.17 bits per heavy atom. The number of hydrogen-bond donors (Lipinski definition) is 1. The molecular formula is C18H17N3O2S. The van der Waals surface area contributed by atoms with Gasteiger partial charge in [-0.3, -0.25) is 15.1 Å². The highest BCUT2D eigenvalue weighted by Gasteiger charge is 2.10. The summed E-state index contributed by atoms with van der Waals surface area (Å²) in [6.45, 7) is 3.87. The molecule has 24 heavy (non-hydrogen) atoms. The molecule has 0 radical (unpaired) electrons. The van der Waals surface area contributed by atoms with Crippen molar-refractivity contribution in [3.05, 3.63) is 59.2 Å². The number of para-hydroxylation sites is 1. The maximum atomic E-state index is 12.1. The Hall–Kier alpha value is -2.73. The number of thiazole rings is 1. The first-order chi connectivity index (χ1) is 11.6. The van der Waals surface area contributed by atoms with E-state index >= 15 is 0 Å². The number of ether oxygens (including phenoxy) is 1. The van der Waals surface area contributed by atoms with E-state index in [0.29, 0.717) is 5.13 Å². The van der Waals surface area contributed by atoms with E-state index in [0.717, 1.165) is 28.1 Å². The van der Waals surface area contributed by atoms with Crippen LogP contribution in [-0.4, -0.2) is 22.5 Å². The van der Waals surface area contributed by atoms with Gasteiger partial charge in [-0.2, -0.15) is 0 Å². The fourth-order valence-corrected chi connectivity index (χ4v) is 3.04. The number of aryl methyl sites for hydroxylation is 2. The van der Waals surface area contributed by atoms with Gasteiger partial charge in [0.05, 0.1) is 5.69 Å². The summed E-state index contributed by atoms with van der Waals surface area (Å²) in [5.41, 5.74) is 3.80. The number of carbonyl (C=O) groups is 1. The predicted molar refractivity (Wildman–Crippen MR) is 95.4 cm³/mol. The molecule has 122 valence electrons. The molecule has 0 aliphatic heterocycles. The minimum atomic E-state index is -0.228. The van der Waals surface area contributed by atoms with Gasteiger partial charge in [-0.15, -0.1) is 11.3 Å². The smallest absolute Gasteiger partial charge is 0.264 e. The van der Waals surface area contributed by atoms with Gasteiger partial charge in [-0.05, 0) is 37.1 Å². The Kier molecular flexibility index (Phi) is 4.86. The highest BCUT2D eigenvalue weighted by molar-refractivity contribution is 7.14. The molecule has 0 saturated heterocycles. The number of anilines is 1. The average molecular weight is 339 g/mol. The van der Waals surface area contributed by atoms with Crippen molar-refractivity contribution in [1.29, 1.82) is 0 Å². The molecule has 2 heterocycles. The summed E-state index contributed by atoms with van der Waals surface area (Å²) in [5, 5.41) is 5.22. The van der Waals surface area contributed by atoms with Crippen LogP contribution < -0.4 is 10.1 Å². The van der Waals surface area contributed by atoms with Crippen LogP contribution in [-0.2, 0) is 4.79 Å². The second-order valence-electron chi connectivity index (χ2n) is 5.33. The van der Waals surface area contributed by atoms with Crippen LogP contribution in [0.4, 0.5) is 5.13 Å². The van der Waals surface area contributed by atoms with Gasteiger partial charge < -0.3 is 4.74 Å². The van der Waals surface area contributed by atoms with Crippen molar-refractivity contribution < 1.29 is 9.53 Å². The molecule has 2 aromatic heterocycles. The Morgan fingerprint density at radius 3 is 2.58 bits per heavy atom. The minimum absolute atomic E-state index is 0.0458. The van der Waals surface area contributed by atoms with Gasteiger partial charge in [0.1, 0.15) is 5.75 Å². The second-order valence-corrected chi connectivity index (χ2v) is 6.19. The maximum Gasteiger partial charge on any atom is 0.264 e. The Morgan fingerprint density at radius 2 is 1.88 bits per heavy atom. The van der Waals surface area contributed by atoms with Crippen molar-refractivity contribution in [3.63, 3.8) is 0 Å². The first-order valence-corrected chi connectivity index (χ1v) is 8.36. The Balaban J connectivity index is 1.61.